The summed E-state index contributed by atoms with van der Waals surface area (Å²) < 4.78 is 42.1. The van der Waals surface area contributed by atoms with Crippen LogP contribution in [0.15, 0.2) is 11.4 Å². The van der Waals surface area contributed by atoms with Gasteiger partial charge in [0.05, 0.1) is 12.0 Å². The first-order valence-corrected chi connectivity index (χ1v) is 7.36. The number of halogens is 3. The number of carbonyl (C=O) groups is 2. The maximum Gasteiger partial charge on any atom is 0.406 e. The second-order valence-corrected chi connectivity index (χ2v) is 5.86. The van der Waals surface area contributed by atoms with Crippen molar-refractivity contribution in [3.63, 3.8) is 0 Å². The number of likely N-dealkylation sites (N-methyl/N-ethyl adjacent to an activating group) is 1. The van der Waals surface area contributed by atoms with E-state index < -0.39 is 30.6 Å². The molecular weight excluding hydrogens is 321 g/mol. The van der Waals surface area contributed by atoms with Crippen LogP contribution in [0.1, 0.15) is 16.1 Å². The normalized spacial score (nSPS) is 18.7. The summed E-state index contributed by atoms with van der Waals surface area (Å²) in [5, 5.41) is 1.65. The molecule has 0 N–H and O–H groups in total. The summed E-state index contributed by atoms with van der Waals surface area (Å²) in [5.74, 6) is -0.546. The molecule has 1 fully saturated rings. The van der Waals surface area contributed by atoms with E-state index in [1.54, 1.807) is 5.38 Å². The maximum absolute atomic E-state index is 12.4. The molecule has 0 unspecified atom stereocenters. The van der Waals surface area contributed by atoms with Gasteiger partial charge in [-0.05, 0) is 6.42 Å². The summed E-state index contributed by atoms with van der Waals surface area (Å²) in [6, 6.07) is 0.680. The standard InChI is InChI=1S/C13H15F3N2O3S/c1-17(12(20)10-5-8(21-2)6-22-10)9-3-4-18(11(9)19)7-13(14,15)16/h5-6,9H,3-4,7H2,1-2H3/t9-/m1/s1. The zero-order chi connectivity index (χ0) is 16.5. The fourth-order valence-electron chi connectivity index (χ4n) is 2.31. The highest BCUT2D eigenvalue weighted by Crippen LogP contribution is 2.26. The van der Waals surface area contributed by atoms with Gasteiger partial charge in [0.2, 0.25) is 5.91 Å². The first-order valence-electron chi connectivity index (χ1n) is 6.48. The van der Waals surface area contributed by atoms with Crippen molar-refractivity contribution in [2.24, 2.45) is 0 Å². The lowest BCUT2D eigenvalue weighted by molar-refractivity contribution is -0.158. The van der Waals surface area contributed by atoms with Crippen LogP contribution < -0.4 is 4.74 Å². The number of amides is 2. The molecule has 0 aliphatic carbocycles. The van der Waals surface area contributed by atoms with Crippen molar-refractivity contribution in [2.75, 3.05) is 27.2 Å². The Morgan fingerprint density at radius 1 is 1.55 bits per heavy atom. The Balaban J connectivity index is 2.05. The first-order chi connectivity index (χ1) is 10.2. The van der Waals surface area contributed by atoms with Gasteiger partial charge in [0, 0.05) is 25.0 Å². The van der Waals surface area contributed by atoms with Crippen LogP contribution in [-0.2, 0) is 4.79 Å². The van der Waals surface area contributed by atoms with E-state index in [0.29, 0.717) is 10.6 Å². The number of methoxy groups -OCH3 is 1. The average Bonchev–Trinajstić information content (AvgIpc) is 3.04. The molecule has 2 heterocycles. The zero-order valence-electron chi connectivity index (χ0n) is 12.0. The molecule has 0 saturated carbocycles. The third kappa shape index (κ3) is 3.52. The molecule has 5 nitrogen and oxygen atoms in total. The molecule has 0 aromatic carbocycles. The van der Waals surface area contributed by atoms with E-state index in [4.69, 9.17) is 4.74 Å². The minimum Gasteiger partial charge on any atom is -0.496 e. The molecule has 2 rings (SSSR count). The lowest BCUT2D eigenvalue weighted by Crippen LogP contribution is -2.44. The Morgan fingerprint density at radius 2 is 2.23 bits per heavy atom. The minimum absolute atomic E-state index is 0.00556. The van der Waals surface area contributed by atoms with Crippen LogP contribution in [0.2, 0.25) is 0 Å². The van der Waals surface area contributed by atoms with Gasteiger partial charge in [-0.3, -0.25) is 9.59 Å². The molecule has 122 valence electrons. The van der Waals surface area contributed by atoms with Crippen LogP contribution >= 0.6 is 11.3 Å². The fourth-order valence-corrected chi connectivity index (χ4v) is 3.14. The highest BCUT2D eigenvalue weighted by molar-refractivity contribution is 7.12. The third-order valence-corrected chi connectivity index (χ3v) is 4.35. The highest BCUT2D eigenvalue weighted by atomic mass is 32.1. The van der Waals surface area contributed by atoms with Gasteiger partial charge in [0.15, 0.2) is 0 Å². The Kier molecular flexibility index (Phi) is 4.64. The van der Waals surface area contributed by atoms with Crippen molar-refractivity contribution >= 4 is 23.2 Å². The largest absolute Gasteiger partial charge is 0.496 e. The van der Waals surface area contributed by atoms with Gasteiger partial charge in [0.1, 0.15) is 18.3 Å². The van der Waals surface area contributed by atoms with E-state index in [-0.39, 0.29) is 13.0 Å². The van der Waals surface area contributed by atoms with Gasteiger partial charge in [-0.2, -0.15) is 13.2 Å². The Hall–Kier alpha value is -1.77. The van der Waals surface area contributed by atoms with Gasteiger partial charge in [-0.1, -0.05) is 0 Å². The zero-order valence-corrected chi connectivity index (χ0v) is 12.8. The quantitative estimate of drug-likeness (QED) is 0.845. The summed E-state index contributed by atoms with van der Waals surface area (Å²) in [6.45, 7) is -1.29. The van der Waals surface area contributed by atoms with E-state index in [9.17, 15) is 22.8 Å². The number of thiophene rings is 1. The van der Waals surface area contributed by atoms with E-state index in [1.165, 1.54) is 25.1 Å². The average molecular weight is 336 g/mol. The van der Waals surface area contributed by atoms with Crippen molar-refractivity contribution in [1.29, 1.82) is 0 Å². The molecule has 1 aromatic rings. The van der Waals surface area contributed by atoms with Crippen molar-refractivity contribution in [3.8, 4) is 5.75 Å². The van der Waals surface area contributed by atoms with Gasteiger partial charge in [-0.15, -0.1) is 11.3 Å². The number of alkyl halides is 3. The van der Waals surface area contributed by atoms with Crippen molar-refractivity contribution in [3.05, 3.63) is 16.3 Å². The molecule has 1 aliphatic heterocycles. The van der Waals surface area contributed by atoms with Gasteiger partial charge >= 0.3 is 6.18 Å². The van der Waals surface area contributed by atoms with Crippen LogP contribution in [0.4, 0.5) is 13.2 Å². The summed E-state index contributed by atoms with van der Waals surface area (Å²) in [5.41, 5.74) is 0. The van der Waals surface area contributed by atoms with E-state index >= 15 is 0 Å². The molecule has 0 radical (unpaired) electrons. The Labute approximate surface area is 129 Å². The molecule has 1 saturated heterocycles. The molecule has 2 amide bonds. The molecule has 0 spiro atoms. The lowest BCUT2D eigenvalue weighted by Gasteiger charge is -2.24. The lowest BCUT2D eigenvalue weighted by atomic mass is 10.2. The van der Waals surface area contributed by atoms with Crippen LogP contribution in [0, 0.1) is 0 Å². The second-order valence-electron chi connectivity index (χ2n) is 4.95. The van der Waals surface area contributed by atoms with Gasteiger partial charge in [0.25, 0.3) is 5.91 Å². The molecule has 0 bridgehead atoms. The molecule has 1 aromatic heterocycles. The Bertz CT molecular complexity index is 573. The molecular formula is C13H15F3N2O3S. The SMILES string of the molecule is COc1csc(C(=O)N(C)[C@@H]2CCN(CC(F)(F)F)C2=O)c1. The van der Waals surface area contributed by atoms with E-state index in [1.807, 2.05) is 0 Å². The number of ether oxygens (including phenoxy) is 1. The summed E-state index contributed by atoms with van der Waals surface area (Å²) in [7, 11) is 2.89. The third-order valence-electron chi connectivity index (χ3n) is 3.45. The van der Waals surface area contributed by atoms with Crippen LogP contribution in [0.25, 0.3) is 0 Å². The topological polar surface area (TPSA) is 49.9 Å². The smallest absolute Gasteiger partial charge is 0.406 e. The number of rotatable bonds is 4. The number of hydrogen-bond donors (Lipinski definition) is 0. The molecule has 1 aliphatic rings. The van der Waals surface area contributed by atoms with Crippen LogP contribution in [0.3, 0.4) is 0 Å². The molecule has 1 atom stereocenters. The first kappa shape index (κ1) is 16.6. The summed E-state index contributed by atoms with van der Waals surface area (Å²) in [4.78, 5) is 26.6. The van der Waals surface area contributed by atoms with Crippen LogP contribution in [-0.4, -0.2) is 61.1 Å². The molecule has 9 heteroatoms. The van der Waals surface area contributed by atoms with Gasteiger partial charge in [-0.25, -0.2) is 0 Å². The van der Waals surface area contributed by atoms with Crippen molar-refractivity contribution < 1.29 is 27.5 Å². The summed E-state index contributed by atoms with van der Waals surface area (Å²) >= 11 is 1.16. The predicted octanol–water partition coefficient (Wildman–Crippen LogP) is 1.99. The van der Waals surface area contributed by atoms with Crippen molar-refractivity contribution in [2.45, 2.75) is 18.6 Å². The second kappa shape index (κ2) is 6.15. The number of nitrogens with zero attached hydrogens (tertiary/aromatic N) is 2. The van der Waals surface area contributed by atoms with Crippen molar-refractivity contribution in [1.82, 2.24) is 9.80 Å². The number of hydrogen-bond acceptors (Lipinski definition) is 4. The van der Waals surface area contributed by atoms with E-state index in [0.717, 1.165) is 16.2 Å². The highest BCUT2D eigenvalue weighted by Gasteiger charge is 2.42. The monoisotopic (exact) mass is 336 g/mol. The minimum atomic E-state index is -4.44. The number of carbonyl (C=O) groups excluding carboxylic acids is 2. The Morgan fingerprint density at radius 3 is 2.77 bits per heavy atom. The van der Waals surface area contributed by atoms with Gasteiger partial charge < -0.3 is 14.5 Å². The summed E-state index contributed by atoms with van der Waals surface area (Å²) in [6.07, 6.45) is -4.24. The van der Waals surface area contributed by atoms with Crippen LogP contribution in [0.5, 0.6) is 5.75 Å². The fraction of sp³-hybridized carbons (Fsp3) is 0.538. The maximum atomic E-state index is 12.4. The van der Waals surface area contributed by atoms with E-state index in [2.05, 4.69) is 0 Å². The number of likely N-dealkylation sites (tertiary alicyclic amines) is 1. The predicted molar refractivity (Wildman–Crippen MR) is 74.0 cm³/mol. The molecule has 22 heavy (non-hydrogen) atoms.